The Morgan fingerprint density at radius 1 is 0.822 bits per heavy atom. The molecule has 230 valence electrons. The summed E-state index contributed by atoms with van der Waals surface area (Å²) >= 11 is 0. The maximum absolute atomic E-state index is 12.7. The van der Waals surface area contributed by atoms with Gasteiger partial charge in [0.15, 0.2) is 6.29 Å². The predicted octanol–water partition coefficient (Wildman–Crippen LogP) is 8.07. The number of amides is 1. The molecule has 1 fully saturated rings. The summed E-state index contributed by atoms with van der Waals surface area (Å²) in [6.45, 7) is 5.13. The molecule has 0 radical (unpaired) electrons. The third-order valence-electron chi connectivity index (χ3n) is 8.99. The average Bonchev–Trinajstić information content (AvgIpc) is 3.09. The molecule has 2 N–H and O–H groups in total. The normalized spacial score (nSPS) is 20.6. The zero-order chi connectivity index (χ0) is 31.3. The maximum atomic E-state index is 12.7. The Balaban J connectivity index is 1.22. The van der Waals surface area contributed by atoms with E-state index in [1.807, 2.05) is 66.7 Å². The Labute approximate surface area is 265 Å². The van der Waals surface area contributed by atoms with Gasteiger partial charge in [-0.25, -0.2) is 0 Å². The van der Waals surface area contributed by atoms with Gasteiger partial charge >= 0.3 is 0 Å². The van der Waals surface area contributed by atoms with Crippen LogP contribution in [0.3, 0.4) is 0 Å². The molecule has 0 saturated carbocycles. The molecular formula is C39H40N2O4. The van der Waals surface area contributed by atoms with E-state index >= 15 is 0 Å². The number of rotatable bonds is 9. The van der Waals surface area contributed by atoms with Crippen molar-refractivity contribution in [2.45, 2.75) is 45.0 Å². The van der Waals surface area contributed by atoms with E-state index in [9.17, 15) is 9.90 Å². The highest BCUT2D eigenvalue weighted by Gasteiger charge is 2.39. The number of carbonyl (C=O) groups is 1. The van der Waals surface area contributed by atoms with Crippen LogP contribution in [0.4, 0.5) is 5.69 Å². The summed E-state index contributed by atoms with van der Waals surface area (Å²) in [6, 6.07) is 40.1. The Hall–Kier alpha value is -4.33. The second-order valence-electron chi connectivity index (χ2n) is 12.0. The quantitative estimate of drug-likeness (QED) is 0.179. The van der Waals surface area contributed by atoms with Gasteiger partial charge in [0.05, 0.1) is 18.8 Å². The van der Waals surface area contributed by atoms with Crippen molar-refractivity contribution >= 4 is 22.4 Å². The minimum atomic E-state index is -0.586. The number of hydrogen-bond acceptors (Lipinski definition) is 5. The van der Waals surface area contributed by atoms with Crippen LogP contribution in [-0.4, -0.2) is 35.6 Å². The lowest BCUT2D eigenvalue weighted by Crippen LogP contribution is -2.44. The standard InChI is InChI=1S/C39H40N2O4/c1-26-36(24-41(3)27(2)33-18-17-29-9-7-8-12-34(29)23-33)44-39(45-37(26)30-15-13-28(25-42)14-16-30)32-19-21-35(22-20-32)40-38(43)31-10-5-4-6-11-31/h4-23,26-27,36-37,39,42H,24-25H2,1-3H3,(H,40,43). The largest absolute Gasteiger partial charge is 0.392 e. The summed E-state index contributed by atoms with van der Waals surface area (Å²) in [6.07, 6.45) is -0.906. The molecule has 5 atom stereocenters. The van der Waals surface area contributed by atoms with Gasteiger partial charge in [-0.05, 0) is 71.8 Å². The summed E-state index contributed by atoms with van der Waals surface area (Å²) in [4.78, 5) is 15.0. The zero-order valence-corrected chi connectivity index (χ0v) is 26.0. The summed E-state index contributed by atoms with van der Waals surface area (Å²) in [5.41, 5.74) is 5.37. The highest BCUT2D eigenvalue weighted by Crippen LogP contribution is 2.42. The molecule has 0 aliphatic carbocycles. The van der Waals surface area contributed by atoms with E-state index in [2.05, 4.69) is 73.6 Å². The molecule has 0 bridgehead atoms. The smallest absolute Gasteiger partial charge is 0.255 e. The highest BCUT2D eigenvalue weighted by atomic mass is 16.7. The third-order valence-corrected chi connectivity index (χ3v) is 8.99. The molecule has 6 heteroatoms. The number of ether oxygens (including phenoxy) is 2. The molecule has 1 saturated heterocycles. The predicted molar refractivity (Wildman–Crippen MR) is 179 cm³/mol. The Bertz CT molecular complexity index is 1720. The molecule has 5 aromatic carbocycles. The van der Waals surface area contributed by atoms with Crippen LogP contribution >= 0.6 is 0 Å². The van der Waals surface area contributed by atoms with Crippen LogP contribution in [0.25, 0.3) is 10.8 Å². The van der Waals surface area contributed by atoms with Gasteiger partial charge in [0, 0.05) is 35.3 Å². The van der Waals surface area contributed by atoms with Gasteiger partial charge in [-0.1, -0.05) is 97.9 Å². The van der Waals surface area contributed by atoms with Crippen molar-refractivity contribution in [3.8, 4) is 0 Å². The van der Waals surface area contributed by atoms with Crippen LogP contribution in [0, 0.1) is 5.92 Å². The van der Waals surface area contributed by atoms with Crippen molar-refractivity contribution in [2.75, 3.05) is 18.9 Å². The molecule has 5 unspecified atom stereocenters. The molecule has 1 amide bonds. The Morgan fingerprint density at radius 3 is 2.20 bits per heavy atom. The average molecular weight is 601 g/mol. The highest BCUT2D eigenvalue weighted by molar-refractivity contribution is 6.04. The van der Waals surface area contributed by atoms with Gasteiger partial charge in [-0.15, -0.1) is 0 Å². The number of nitrogens with zero attached hydrogens (tertiary/aromatic N) is 1. The number of fused-ring (bicyclic) bond motifs is 1. The monoisotopic (exact) mass is 600 g/mol. The van der Waals surface area contributed by atoms with Gasteiger partial charge in [0.25, 0.3) is 5.91 Å². The van der Waals surface area contributed by atoms with E-state index in [0.717, 1.165) is 16.7 Å². The number of anilines is 1. The molecule has 6 rings (SSSR count). The molecule has 5 aromatic rings. The fraction of sp³-hybridized carbons (Fsp3) is 0.256. The number of aliphatic hydroxyl groups excluding tert-OH is 1. The van der Waals surface area contributed by atoms with Crippen molar-refractivity contribution in [1.82, 2.24) is 4.90 Å². The first kappa shape index (κ1) is 30.7. The summed E-state index contributed by atoms with van der Waals surface area (Å²) in [7, 11) is 2.15. The summed E-state index contributed by atoms with van der Waals surface area (Å²) < 4.78 is 13.4. The first-order valence-electron chi connectivity index (χ1n) is 15.6. The number of benzene rings is 5. The number of carbonyl (C=O) groups excluding carboxylic acids is 1. The summed E-state index contributed by atoms with van der Waals surface area (Å²) in [5, 5.41) is 15.0. The van der Waals surface area contributed by atoms with Crippen molar-refractivity contribution in [3.05, 3.63) is 149 Å². The van der Waals surface area contributed by atoms with Crippen LogP contribution in [0.15, 0.2) is 121 Å². The van der Waals surface area contributed by atoms with E-state index in [0.29, 0.717) is 17.8 Å². The lowest BCUT2D eigenvalue weighted by atomic mass is 9.89. The minimum Gasteiger partial charge on any atom is -0.392 e. The van der Waals surface area contributed by atoms with Crippen LogP contribution in [0.5, 0.6) is 0 Å². The van der Waals surface area contributed by atoms with Gasteiger partial charge in [0.1, 0.15) is 0 Å². The molecule has 1 aliphatic rings. The number of hydrogen-bond donors (Lipinski definition) is 2. The van der Waals surface area contributed by atoms with Crippen molar-refractivity contribution in [3.63, 3.8) is 0 Å². The lowest BCUT2D eigenvalue weighted by Gasteiger charge is -2.43. The van der Waals surface area contributed by atoms with Crippen LogP contribution < -0.4 is 5.32 Å². The Morgan fingerprint density at radius 2 is 1.49 bits per heavy atom. The van der Waals surface area contributed by atoms with E-state index in [1.54, 1.807) is 12.1 Å². The minimum absolute atomic E-state index is 0.000331. The second kappa shape index (κ2) is 13.8. The molecule has 6 nitrogen and oxygen atoms in total. The first-order chi connectivity index (χ1) is 21.9. The van der Waals surface area contributed by atoms with E-state index in [1.165, 1.54) is 16.3 Å². The third kappa shape index (κ3) is 7.00. The fourth-order valence-corrected chi connectivity index (χ4v) is 6.01. The zero-order valence-electron chi connectivity index (χ0n) is 26.0. The van der Waals surface area contributed by atoms with E-state index < -0.39 is 6.29 Å². The van der Waals surface area contributed by atoms with Crippen molar-refractivity contribution < 1.29 is 19.4 Å². The van der Waals surface area contributed by atoms with Crippen LogP contribution in [-0.2, 0) is 16.1 Å². The number of nitrogens with one attached hydrogen (secondary N) is 1. The van der Waals surface area contributed by atoms with Crippen molar-refractivity contribution in [1.29, 1.82) is 0 Å². The second-order valence-corrected chi connectivity index (χ2v) is 12.0. The molecule has 1 heterocycles. The van der Waals surface area contributed by atoms with Gasteiger partial charge in [-0.2, -0.15) is 0 Å². The molecule has 0 spiro atoms. The number of likely N-dealkylation sites (N-methyl/N-ethyl adjacent to an activating group) is 1. The molecule has 0 aromatic heterocycles. The lowest BCUT2D eigenvalue weighted by molar-refractivity contribution is -0.276. The number of aliphatic hydroxyl groups is 1. The molecular weight excluding hydrogens is 560 g/mol. The van der Waals surface area contributed by atoms with E-state index in [-0.39, 0.29) is 36.7 Å². The molecule has 45 heavy (non-hydrogen) atoms. The van der Waals surface area contributed by atoms with Gasteiger partial charge in [0.2, 0.25) is 0 Å². The van der Waals surface area contributed by atoms with Gasteiger partial charge in [-0.3, -0.25) is 9.69 Å². The first-order valence-corrected chi connectivity index (χ1v) is 15.6. The Kier molecular flexibility index (Phi) is 9.38. The summed E-state index contributed by atoms with van der Waals surface area (Å²) in [5.74, 6) is -0.0886. The van der Waals surface area contributed by atoms with E-state index in [4.69, 9.17) is 9.47 Å². The molecule has 1 aliphatic heterocycles. The van der Waals surface area contributed by atoms with Crippen molar-refractivity contribution in [2.24, 2.45) is 5.92 Å². The maximum Gasteiger partial charge on any atom is 0.255 e. The fourth-order valence-electron chi connectivity index (χ4n) is 6.01. The SMILES string of the molecule is CC1C(CN(C)C(C)c2ccc3ccccc3c2)OC(c2ccc(NC(=O)c3ccccc3)cc2)OC1c1ccc(CO)cc1. The van der Waals surface area contributed by atoms with Crippen LogP contribution in [0.1, 0.15) is 64.9 Å². The van der Waals surface area contributed by atoms with Gasteiger partial charge < -0.3 is 19.9 Å². The van der Waals surface area contributed by atoms with Crippen LogP contribution in [0.2, 0.25) is 0 Å². The topological polar surface area (TPSA) is 71.0 Å².